The third-order valence-corrected chi connectivity index (χ3v) is 2.09. The molecule has 0 unspecified atom stereocenters. The quantitative estimate of drug-likeness (QED) is 0.551. The van der Waals surface area contributed by atoms with Gasteiger partial charge in [0.1, 0.15) is 6.42 Å². The molecule has 0 amide bonds. The van der Waals surface area contributed by atoms with E-state index < -0.39 is 12.1 Å². The van der Waals surface area contributed by atoms with E-state index in [-0.39, 0.29) is 19.0 Å². The summed E-state index contributed by atoms with van der Waals surface area (Å²) in [5, 5.41) is 0. The lowest BCUT2D eigenvalue weighted by atomic mass is 10.3. The Morgan fingerprint density at radius 1 is 1.58 bits per heavy atom. The molecule has 1 aliphatic rings. The zero-order valence-corrected chi connectivity index (χ0v) is 7.22. The van der Waals surface area contributed by atoms with Gasteiger partial charge in [-0.25, -0.2) is 20.3 Å². The Morgan fingerprint density at radius 3 is 2.50 bits per heavy atom. The molecule has 1 aliphatic heterocycles. The molecule has 1 fully saturated rings. The highest BCUT2D eigenvalue weighted by Crippen LogP contribution is 2.33. The van der Waals surface area contributed by atoms with Crippen molar-refractivity contribution in [2.75, 3.05) is 6.54 Å². The molecule has 12 heavy (non-hydrogen) atoms. The van der Waals surface area contributed by atoms with Crippen LogP contribution in [0.25, 0.3) is 4.85 Å². The third kappa shape index (κ3) is 1.72. The van der Waals surface area contributed by atoms with Crippen LogP contribution >= 0.6 is 0 Å². The van der Waals surface area contributed by atoms with E-state index >= 15 is 0 Å². The average Bonchev–Trinajstić information content (AvgIpc) is 2.25. The van der Waals surface area contributed by atoms with E-state index in [2.05, 4.69) is 4.85 Å². The number of alkyl halides is 2. The summed E-state index contributed by atoms with van der Waals surface area (Å²) >= 11 is 0. The summed E-state index contributed by atoms with van der Waals surface area (Å²) in [4.78, 5) is 4.73. The highest BCUT2D eigenvalue weighted by molar-refractivity contribution is 4.95. The predicted molar refractivity (Wildman–Crippen MR) is 41.8 cm³/mol. The maximum atomic E-state index is 12.8. The minimum atomic E-state index is -2.67. The summed E-state index contributed by atoms with van der Waals surface area (Å²) in [5.41, 5.74) is 0. The van der Waals surface area contributed by atoms with E-state index in [1.54, 1.807) is 4.90 Å². The Hall–Kier alpha value is -0.690. The molecule has 0 aromatic heterocycles. The van der Waals surface area contributed by atoms with Crippen LogP contribution in [0.5, 0.6) is 0 Å². The second-order valence-electron chi connectivity index (χ2n) is 3.44. The van der Waals surface area contributed by atoms with Gasteiger partial charge in [0.15, 0.2) is 0 Å². The lowest BCUT2D eigenvalue weighted by molar-refractivity contribution is 0.00919. The molecular formula is C8H12F2N2. The fourth-order valence-electron chi connectivity index (χ4n) is 1.47. The summed E-state index contributed by atoms with van der Waals surface area (Å²) in [7, 11) is 0. The van der Waals surface area contributed by atoms with Gasteiger partial charge in [-0.1, -0.05) is 0 Å². The van der Waals surface area contributed by atoms with E-state index in [4.69, 9.17) is 6.57 Å². The lowest BCUT2D eigenvalue weighted by Crippen LogP contribution is -2.34. The van der Waals surface area contributed by atoms with Crippen molar-refractivity contribution in [3.8, 4) is 0 Å². The molecule has 0 spiro atoms. The number of nitrogens with zero attached hydrogens (tertiary/aromatic N) is 2. The van der Waals surface area contributed by atoms with Gasteiger partial charge in [-0.05, 0) is 13.8 Å². The molecule has 0 bridgehead atoms. The van der Waals surface area contributed by atoms with Crippen LogP contribution in [0.3, 0.4) is 0 Å². The SMILES string of the molecule is [C-]#[N+][C@@H]1CC(F)(F)CN1C(C)C. The zero-order valence-electron chi connectivity index (χ0n) is 7.22. The Kier molecular flexibility index (Phi) is 2.34. The van der Waals surface area contributed by atoms with Gasteiger partial charge in [-0.3, -0.25) is 4.85 Å². The number of likely N-dealkylation sites (tertiary alicyclic amines) is 1. The largest absolute Gasteiger partial charge is 0.296 e. The summed E-state index contributed by atoms with van der Waals surface area (Å²) in [6, 6.07) is 0.0254. The molecule has 4 heteroatoms. The van der Waals surface area contributed by atoms with E-state index in [1.807, 2.05) is 13.8 Å². The molecule has 2 nitrogen and oxygen atoms in total. The maximum absolute atomic E-state index is 12.8. The van der Waals surface area contributed by atoms with Crippen molar-refractivity contribution in [1.29, 1.82) is 0 Å². The first-order valence-electron chi connectivity index (χ1n) is 3.96. The molecule has 0 saturated carbocycles. The van der Waals surface area contributed by atoms with E-state index in [0.29, 0.717) is 0 Å². The van der Waals surface area contributed by atoms with Gasteiger partial charge in [0.05, 0.1) is 6.54 Å². The second kappa shape index (κ2) is 2.98. The molecule has 1 rings (SSSR count). The standard InChI is InChI=1S/C8H12F2N2/c1-6(2)12-5-8(9,10)4-7(12)11-3/h6-7H,4-5H2,1-2H3/t7-/m0/s1. The first-order valence-corrected chi connectivity index (χ1v) is 3.96. The van der Waals surface area contributed by atoms with E-state index in [1.165, 1.54) is 0 Å². The Labute approximate surface area is 71.0 Å². The van der Waals surface area contributed by atoms with Crippen molar-refractivity contribution in [2.45, 2.75) is 38.4 Å². The first kappa shape index (κ1) is 9.40. The second-order valence-corrected chi connectivity index (χ2v) is 3.44. The minimum absolute atomic E-state index is 0.0254. The van der Waals surface area contributed by atoms with Crippen molar-refractivity contribution in [2.24, 2.45) is 0 Å². The fraction of sp³-hybridized carbons (Fsp3) is 0.875. The lowest BCUT2D eigenvalue weighted by Gasteiger charge is -2.19. The van der Waals surface area contributed by atoms with Crippen LogP contribution in [0.15, 0.2) is 0 Å². The van der Waals surface area contributed by atoms with Gasteiger partial charge < -0.3 is 0 Å². The van der Waals surface area contributed by atoms with Crippen molar-refractivity contribution in [3.05, 3.63) is 11.4 Å². The van der Waals surface area contributed by atoms with E-state index in [0.717, 1.165) is 0 Å². The van der Waals surface area contributed by atoms with Crippen LogP contribution in [-0.4, -0.2) is 29.6 Å². The number of halogens is 2. The molecule has 0 radical (unpaired) electrons. The first-order chi connectivity index (χ1) is 5.46. The van der Waals surface area contributed by atoms with Crippen LogP contribution in [0.2, 0.25) is 0 Å². The van der Waals surface area contributed by atoms with E-state index in [9.17, 15) is 8.78 Å². The topological polar surface area (TPSA) is 7.60 Å². The highest BCUT2D eigenvalue weighted by atomic mass is 19.3. The van der Waals surface area contributed by atoms with Gasteiger partial charge in [-0.2, -0.15) is 0 Å². The molecule has 0 N–H and O–H groups in total. The van der Waals surface area contributed by atoms with Crippen LogP contribution in [0, 0.1) is 6.57 Å². The van der Waals surface area contributed by atoms with Gasteiger partial charge in [0.2, 0.25) is 0 Å². The number of hydrogen-bond donors (Lipinski definition) is 0. The Balaban J connectivity index is 2.71. The predicted octanol–water partition coefficient (Wildman–Crippen LogP) is 1.98. The highest BCUT2D eigenvalue weighted by Gasteiger charge is 2.49. The fourth-order valence-corrected chi connectivity index (χ4v) is 1.47. The third-order valence-electron chi connectivity index (χ3n) is 2.09. The Bertz CT molecular complexity index is 208. The molecule has 68 valence electrons. The molecule has 0 aliphatic carbocycles. The molecule has 0 aromatic carbocycles. The van der Waals surface area contributed by atoms with Crippen molar-refractivity contribution < 1.29 is 8.78 Å². The van der Waals surface area contributed by atoms with Crippen LogP contribution in [-0.2, 0) is 0 Å². The minimum Gasteiger partial charge on any atom is -0.296 e. The molecule has 1 saturated heterocycles. The maximum Gasteiger partial charge on any atom is 0.285 e. The number of rotatable bonds is 1. The smallest absolute Gasteiger partial charge is 0.285 e. The van der Waals surface area contributed by atoms with Gasteiger partial charge in [0, 0.05) is 6.04 Å². The summed E-state index contributed by atoms with van der Waals surface area (Å²) in [6.07, 6.45) is -0.936. The zero-order chi connectivity index (χ0) is 9.35. The van der Waals surface area contributed by atoms with Crippen LogP contribution in [0.1, 0.15) is 20.3 Å². The van der Waals surface area contributed by atoms with Gasteiger partial charge in [0.25, 0.3) is 12.1 Å². The normalized spacial score (nSPS) is 29.2. The van der Waals surface area contributed by atoms with Crippen LogP contribution in [0.4, 0.5) is 8.78 Å². The summed E-state index contributed by atoms with van der Waals surface area (Å²) in [5.74, 6) is -2.67. The molecule has 1 heterocycles. The monoisotopic (exact) mass is 174 g/mol. The summed E-state index contributed by atoms with van der Waals surface area (Å²) < 4.78 is 25.6. The van der Waals surface area contributed by atoms with Gasteiger partial charge in [-0.15, -0.1) is 0 Å². The number of hydrogen-bond acceptors (Lipinski definition) is 1. The average molecular weight is 174 g/mol. The molecular weight excluding hydrogens is 162 g/mol. The van der Waals surface area contributed by atoms with Crippen LogP contribution < -0.4 is 0 Å². The molecule has 1 atom stereocenters. The van der Waals surface area contributed by atoms with Crippen molar-refractivity contribution in [3.63, 3.8) is 0 Å². The van der Waals surface area contributed by atoms with Crippen molar-refractivity contribution in [1.82, 2.24) is 4.90 Å². The molecule has 0 aromatic rings. The Morgan fingerprint density at radius 2 is 2.17 bits per heavy atom. The summed E-state index contributed by atoms with van der Waals surface area (Å²) in [6.45, 7) is 10.1. The van der Waals surface area contributed by atoms with Gasteiger partial charge >= 0.3 is 0 Å². The van der Waals surface area contributed by atoms with Crippen molar-refractivity contribution >= 4 is 0 Å².